The van der Waals surface area contributed by atoms with Crippen LogP contribution in [-0.4, -0.2) is 17.3 Å². The number of rotatable bonds is 4. The third-order valence-corrected chi connectivity index (χ3v) is 6.59. The van der Waals surface area contributed by atoms with E-state index in [4.69, 9.17) is 21.7 Å². The van der Waals surface area contributed by atoms with Crippen molar-refractivity contribution in [1.29, 1.82) is 0 Å². The summed E-state index contributed by atoms with van der Waals surface area (Å²) in [6.45, 7) is 0. The molecule has 3 aromatic rings. The van der Waals surface area contributed by atoms with Crippen LogP contribution in [0.4, 0.5) is 0 Å². The highest BCUT2D eigenvalue weighted by Gasteiger charge is 2.32. The van der Waals surface area contributed by atoms with Crippen LogP contribution in [-0.2, 0) is 4.79 Å². The zero-order valence-corrected chi connectivity index (χ0v) is 18.8. The first-order valence-corrected chi connectivity index (χ1v) is 11.3. The molecule has 32 heavy (non-hydrogen) atoms. The van der Waals surface area contributed by atoms with E-state index in [9.17, 15) is 4.79 Å². The largest absolute Gasteiger partial charge is 0.497 e. The number of fused-ring (bicyclic) bond motifs is 1. The van der Waals surface area contributed by atoms with Gasteiger partial charge >= 0.3 is 0 Å². The standard InChI is InChI=1S/C26H19NO3S2/c1-29-18-13-11-17(12-14-18)24-20(15-22-25(28)27-26(31)32-22)23(16-7-3-2-4-8-16)19-9-5-6-10-21(19)30-24/h2-15,23H,1H3,(H,27,28,31)/b22-15-/t23-/m1/s1. The highest BCUT2D eigenvalue weighted by molar-refractivity contribution is 8.26. The van der Waals surface area contributed by atoms with E-state index in [0.29, 0.717) is 15.0 Å². The molecule has 1 atom stereocenters. The van der Waals surface area contributed by atoms with Crippen LogP contribution in [0.2, 0.25) is 0 Å². The monoisotopic (exact) mass is 457 g/mol. The first-order valence-electron chi connectivity index (χ1n) is 10.1. The molecule has 0 radical (unpaired) electrons. The molecule has 3 aromatic carbocycles. The van der Waals surface area contributed by atoms with E-state index < -0.39 is 0 Å². The molecule has 5 rings (SSSR count). The minimum absolute atomic E-state index is 0.103. The van der Waals surface area contributed by atoms with Gasteiger partial charge in [0, 0.05) is 22.6 Å². The molecule has 0 saturated carbocycles. The summed E-state index contributed by atoms with van der Waals surface area (Å²) in [5.41, 5.74) is 3.97. The summed E-state index contributed by atoms with van der Waals surface area (Å²) in [7, 11) is 1.64. The van der Waals surface area contributed by atoms with Crippen molar-refractivity contribution < 1.29 is 14.3 Å². The molecular weight excluding hydrogens is 438 g/mol. The number of carbonyl (C=O) groups is 1. The molecule has 0 bridgehead atoms. The fourth-order valence-corrected chi connectivity index (χ4v) is 5.00. The van der Waals surface area contributed by atoms with Gasteiger partial charge in [0.25, 0.3) is 5.91 Å². The number of hydrogen-bond acceptors (Lipinski definition) is 5. The molecule has 0 aromatic heterocycles. The van der Waals surface area contributed by atoms with Crippen LogP contribution in [0, 0.1) is 0 Å². The van der Waals surface area contributed by atoms with E-state index in [1.165, 1.54) is 11.8 Å². The molecule has 2 aliphatic heterocycles. The van der Waals surface area contributed by atoms with Gasteiger partial charge in [-0.25, -0.2) is 0 Å². The first-order chi connectivity index (χ1) is 15.6. The Morgan fingerprint density at radius 2 is 1.72 bits per heavy atom. The van der Waals surface area contributed by atoms with Crippen molar-refractivity contribution in [3.63, 3.8) is 0 Å². The third-order valence-electron chi connectivity index (χ3n) is 5.43. The number of benzene rings is 3. The maximum absolute atomic E-state index is 12.5. The summed E-state index contributed by atoms with van der Waals surface area (Å²) in [4.78, 5) is 13.1. The van der Waals surface area contributed by atoms with Crippen LogP contribution < -0.4 is 14.8 Å². The van der Waals surface area contributed by atoms with Gasteiger partial charge in [-0.15, -0.1) is 0 Å². The fourth-order valence-electron chi connectivity index (χ4n) is 3.96. The Morgan fingerprint density at radius 1 is 1.00 bits per heavy atom. The van der Waals surface area contributed by atoms with E-state index >= 15 is 0 Å². The predicted octanol–water partition coefficient (Wildman–Crippen LogP) is 5.66. The Balaban J connectivity index is 1.76. The second-order valence-corrected chi connectivity index (χ2v) is 9.07. The van der Waals surface area contributed by atoms with Gasteiger partial charge in [0.1, 0.15) is 21.6 Å². The van der Waals surface area contributed by atoms with E-state index in [-0.39, 0.29) is 11.8 Å². The molecule has 158 valence electrons. The van der Waals surface area contributed by atoms with Gasteiger partial charge in [0.15, 0.2) is 0 Å². The van der Waals surface area contributed by atoms with Gasteiger partial charge in [0.2, 0.25) is 0 Å². The molecule has 0 aliphatic carbocycles. The van der Waals surface area contributed by atoms with Gasteiger partial charge < -0.3 is 14.8 Å². The average Bonchev–Trinajstić information content (AvgIpc) is 3.15. The summed E-state index contributed by atoms with van der Waals surface area (Å²) in [6, 6.07) is 26.0. The SMILES string of the molecule is COc1ccc(C2=C(/C=C3\SC(=S)NC3=O)[C@H](c3ccccc3)c3ccccc3O2)cc1. The Morgan fingerprint density at radius 3 is 2.41 bits per heavy atom. The van der Waals surface area contributed by atoms with Crippen LogP contribution >= 0.6 is 24.0 Å². The smallest absolute Gasteiger partial charge is 0.263 e. The summed E-state index contributed by atoms with van der Waals surface area (Å²) >= 11 is 6.48. The summed E-state index contributed by atoms with van der Waals surface area (Å²) in [5.74, 6) is 1.98. The van der Waals surface area contributed by atoms with Crippen molar-refractivity contribution in [2.75, 3.05) is 7.11 Å². The number of hydrogen-bond donors (Lipinski definition) is 1. The molecule has 1 fully saturated rings. The van der Waals surface area contributed by atoms with E-state index in [0.717, 1.165) is 33.8 Å². The van der Waals surface area contributed by atoms with Crippen molar-refractivity contribution in [3.8, 4) is 11.5 Å². The molecule has 2 heterocycles. The molecule has 6 heteroatoms. The van der Waals surface area contributed by atoms with Gasteiger partial charge in [-0.1, -0.05) is 72.5 Å². The molecule has 0 spiro atoms. The molecular formula is C26H19NO3S2. The number of allylic oxidation sites excluding steroid dienone is 2. The van der Waals surface area contributed by atoms with Crippen molar-refractivity contribution in [1.82, 2.24) is 5.32 Å². The van der Waals surface area contributed by atoms with Gasteiger partial charge in [-0.05, 0) is 42.0 Å². The second-order valence-electron chi connectivity index (χ2n) is 7.35. The number of thioether (sulfide) groups is 1. The molecule has 4 nitrogen and oxygen atoms in total. The fraction of sp³-hybridized carbons (Fsp3) is 0.0769. The topological polar surface area (TPSA) is 47.6 Å². The van der Waals surface area contributed by atoms with Gasteiger partial charge in [0.05, 0.1) is 12.0 Å². The molecule has 1 amide bonds. The highest BCUT2D eigenvalue weighted by Crippen LogP contribution is 2.47. The summed E-state index contributed by atoms with van der Waals surface area (Å²) < 4.78 is 12.2. The predicted molar refractivity (Wildman–Crippen MR) is 132 cm³/mol. The van der Waals surface area contributed by atoms with Crippen LogP contribution in [0.25, 0.3) is 5.76 Å². The molecule has 1 saturated heterocycles. The quantitative estimate of drug-likeness (QED) is 0.405. The zero-order valence-electron chi connectivity index (χ0n) is 17.2. The zero-order chi connectivity index (χ0) is 22.1. The maximum Gasteiger partial charge on any atom is 0.263 e. The van der Waals surface area contributed by atoms with Crippen molar-refractivity contribution in [2.45, 2.75) is 5.92 Å². The van der Waals surface area contributed by atoms with Crippen molar-refractivity contribution in [2.24, 2.45) is 0 Å². The average molecular weight is 458 g/mol. The molecule has 0 unspecified atom stereocenters. The Bertz CT molecular complexity index is 1260. The minimum atomic E-state index is -0.188. The van der Waals surface area contributed by atoms with E-state index in [2.05, 4.69) is 23.5 Å². The van der Waals surface area contributed by atoms with Crippen LogP contribution in [0.5, 0.6) is 11.5 Å². The lowest BCUT2D eigenvalue weighted by atomic mass is 9.81. The summed E-state index contributed by atoms with van der Waals surface area (Å²) in [6.07, 6.45) is 1.91. The number of nitrogens with one attached hydrogen (secondary N) is 1. The van der Waals surface area contributed by atoms with Crippen molar-refractivity contribution in [3.05, 3.63) is 112 Å². The lowest BCUT2D eigenvalue weighted by Gasteiger charge is -2.30. The number of thiocarbonyl (C=S) groups is 1. The first kappa shape index (κ1) is 20.5. The lowest BCUT2D eigenvalue weighted by Crippen LogP contribution is -2.19. The molecule has 2 aliphatic rings. The summed E-state index contributed by atoms with van der Waals surface area (Å²) in [5, 5.41) is 2.71. The van der Waals surface area contributed by atoms with Crippen LogP contribution in [0.15, 0.2) is 95.4 Å². The van der Waals surface area contributed by atoms with Crippen LogP contribution in [0.1, 0.15) is 22.6 Å². The van der Waals surface area contributed by atoms with Gasteiger partial charge in [-0.3, -0.25) is 4.79 Å². The minimum Gasteiger partial charge on any atom is -0.497 e. The number of para-hydroxylation sites is 1. The number of ether oxygens (including phenoxy) is 2. The Hall–Kier alpha value is -3.35. The normalized spacial score (nSPS) is 18.9. The van der Waals surface area contributed by atoms with Crippen LogP contribution in [0.3, 0.4) is 0 Å². The van der Waals surface area contributed by atoms with Crippen molar-refractivity contribution >= 4 is 40.0 Å². The Kier molecular flexibility index (Phi) is 5.55. The number of methoxy groups -OCH3 is 1. The maximum atomic E-state index is 12.5. The van der Waals surface area contributed by atoms with E-state index in [1.54, 1.807) is 7.11 Å². The third kappa shape index (κ3) is 3.83. The lowest BCUT2D eigenvalue weighted by molar-refractivity contribution is -0.115. The molecule has 1 N–H and O–H groups in total. The Labute approximate surface area is 195 Å². The second kappa shape index (κ2) is 8.65. The number of amides is 1. The highest BCUT2D eigenvalue weighted by atomic mass is 32.2. The number of carbonyl (C=O) groups excluding carboxylic acids is 1. The van der Waals surface area contributed by atoms with Gasteiger partial charge in [-0.2, -0.15) is 0 Å². The van der Waals surface area contributed by atoms with E-state index in [1.807, 2.05) is 66.7 Å².